The number of alkyl halides is 1. The van der Waals surface area contributed by atoms with Crippen molar-refractivity contribution in [3.8, 4) is 0 Å². The van der Waals surface area contributed by atoms with Crippen LogP contribution in [0.5, 0.6) is 0 Å². The topological polar surface area (TPSA) is 20.2 Å². The molecule has 1 N–H and O–H groups in total. The third-order valence-electron chi connectivity index (χ3n) is 3.58. The van der Waals surface area contributed by atoms with Crippen molar-refractivity contribution < 1.29 is 9.50 Å². The van der Waals surface area contributed by atoms with Crippen LogP contribution in [-0.4, -0.2) is 17.4 Å². The predicted molar refractivity (Wildman–Crippen MR) is 45.6 cm³/mol. The summed E-state index contributed by atoms with van der Waals surface area (Å²) in [4.78, 5) is 0. The fourth-order valence-corrected chi connectivity index (χ4v) is 2.62. The molecule has 0 spiro atoms. The fourth-order valence-electron chi connectivity index (χ4n) is 2.62. The molecule has 0 amide bonds. The largest absolute Gasteiger partial charge is 0.396 e. The number of hydrogen-bond acceptors (Lipinski definition) is 1. The lowest BCUT2D eigenvalue weighted by atomic mass is 9.84. The Kier molecular flexibility index (Phi) is 2.11. The van der Waals surface area contributed by atoms with Crippen LogP contribution in [0.4, 0.5) is 4.39 Å². The maximum atomic E-state index is 13.9. The first kappa shape index (κ1) is 8.49. The van der Waals surface area contributed by atoms with E-state index in [0.717, 1.165) is 12.8 Å². The molecule has 2 rings (SSSR count). The van der Waals surface area contributed by atoms with Gasteiger partial charge in [0.15, 0.2) is 0 Å². The van der Waals surface area contributed by atoms with E-state index in [2.05, 4.69) is 0 Å². The minimum Gasteiger partial charge on any atom is -0.396 e. The van der Waals surface area contributed by atoms with Gasteiger partial charge in [0.25, 0.3) is 0 Å². The molecule has 0 aromatic heterocycles. The number of rotatable bonds is 2. The van der Waals surface area contributed by atoms with E-state index >= 15 is 0 Å². The summed E-state index contributed by atoms with van der Waals surface area (Å²) in [6, 6.07) is 0. The molecule has 0 aromatic rings. The monoisotopic (exact) mass is 172 g/mol. The van der Waals surface area contributed by atoms with Crippen LogP contribution >= 0.6 is 0 Å². The lowest BCUT2D eigenvalue weighted by molar-refractivity contribution is 0.122. The zero-order valence-electron chi connectivity index (χ0n) is 7.43. The van der Waals surface area contributed by atoms with Crippen LogP contribution in [0.15, 0.2) is 0 Å². The van der Waals surface area contributed by atoms with Crippen LogP contribution in [0.1, 0.15) is 38.5 Å². The Hall–Kier alpha value is -0.110. The molecule has 2 saturated carbocycles. The Morgan fingerprint density at radius 2 is 1.92 bits per heavy atom. The summed E-state index contributed by atoms with van der Waals surface area (Å²) in [7, 11) is 0. The van der Waals surface area contributed by atoms with E-state index in [1.807, 2.05) is 0 Å². The van der Waals surface area contributed by atoms with E-state index in [1.165, 1.54) is 19.3 Å². The van der Waals surface area contributed by atoms with Gasteiger partial charge in [-0.15, -0.1) is 0 Å². The van der Waals surface area contributed by atoms with Gasteiger partial charge in [0.05, 0.1) is 0 Å². The molecule has 2 aliphatic carbocycles. The van der Waals surface area contributed by atoms with Crippen molar-refractivity contribution in [2.75, 3.05) is 6.61 Å². The van der Waals surface area contributed by atoms with Crippen LogP contribution < -0.4 is 0 Å². The van der Waals surface area contributed by atoms with E-state index in [9.17, 15) is 4.39 Å². The van der Waals surface area contributed by atoms with Gasteiger partial charge in [-0.3, -0.25) is 0 Å². The first-order chi connectivity index (χ1) is 5.77. The molecule has 0 aliphatic heterocycles. The number of aliphatic hydroxyl groups excluding tert-OH is 1. The van der Waals surface area contributed by atoms with Crippen LogP contribution in [0.2, 0.25) is 0 Å². The second-order valence-electron chi connectivity index (χ2n) is 4.35. The minimum absolute atomic E-state index is 0.0272. The maximum Gasteiger partial charge on any atom is 0.119 e. The molecular formula is C10H17FO. The van der Waals surface area contributed by atoms with Crippen LogP contribution in [0.25, 0.3) is 0 Å². The van der Waals surface area contributed by atoms with Crippen molar-refractivity contribution in [2.45, 2.75) is 44.2 Å². The van der Waals surface area contributed by atoms with Gasteiger partial charge in [-0.2, -0.15) is 0 Å². The van der Waals surface area contributed by atoms with Gasteiger partial charge < -0.3 is 5.11 Å². The third kappa shape index (κ3) is 1.26. The maximum absolute atomic E-state index is 13.9. The quantitative estimate of drug-likeness (QED) is 0.677. The Bertz CT molecular complexity index is 165. The molecule has 12 heavy (non-hydrogen) atoms. The predicted octanol–water partition coefficient (Wildman–Crippen LogP) is 2.29. The smallest absolute Gasteiger partial charge is 0.119 e. The lowest BCUT2D eigenvalue weighted by Crippen LogP contribution is -2.23. The summed E-state index contributed by atoms with van der Waals surface area (Å²) in [5.41, 5.74) is -0.963. The SMILES string of the molecule is OC[C@H]1C[C@]1(F)C1CCCCC1. The van der Waals surface area contributed by atoms with Crippen molar-refractivity contribution in [2.24, 2.45) is 11.8 Å². The van der Waals surface area contributed by atoms with E-state index in [1.54, 1.807) is 0 Å². The molecule has 0 saturated heterocycles. The Morgan fingerprint density at radius 1 is 1.25 bits per heavy atom. The summed E-state index contributed by atoms with van der Waals surface area (Å²) >= 11 is 0. The van der Waals surface area contributed by atoms with Crippen molar-refractivity contribution >= 4 is 0 Å². The van der Waals surface area contributed by atoms with Gasteiger partial charge in [-0.05, 0) is 25.2 Å². The van der Waals surface area contributed by atoms with Gasteiger partial charge in [0.2, 0.25) is 0 Å². The summed E-state index contributed by atoms with van der Waals surface area (Å²) in [6.07, 6.45) is 6.37. The summed E-state index contributed by atoms with van der Waals surface area (Å²) in [6.45, 7) is 0.0486. The lowest BCUT2D eigenvalue weighted by Gasteiger charge is -2.25. The molecule has 0 radical (unpaired) electrons. The van der Waals surface area contributed by atoms with E-state index in [0.29, 0.717) is 6.42 Å². The second-order valence-corrected chi connectivity index (χ2v) is 4.35. The number of halogens is 1. The highest BCUT2D eigenvalue weighted by Gasteiger charge is 2.59. The van der Waals surface area contributed by atoms with Crippen molar-refractivity contribution in [1.82, 2.24) is 0 Å². The van der Waals surface area contributed by atoms with Gasteiger partial charge in [-0.1, -0.05) is 19.3 Å². The van der Waals surface area contributed by atoms with Gasteiger partial charge in [0, 0.05) is 12.5 Å². The molecule has 2 heteroatoms. The summed E-state index contributed by atoms with van der Waals surface area (Å²) < 4.78 is 13.9. The molecule has 0 unspecified atom stereocenters. The van der Waals surface area contributed by atoms with Gasteiger partial charge in [-0.25, -0.2) is 4.39 Å². The summed E-state index contributed by atoms with van der Waals surface area (Å²) in [5.74, 6) is 0.240. The molecule has 0 heterocycles. The van der Waals surface area contributed by atoms with E-state index in [-0.39, 0.29) is 18.4 Å². The average Bonchev–Trinajstić information content (AvgIpc) is 2.81. The van der Waals surface area contributed by atoms with Crippen LogP contribution in [-0.2, 0) is 0 Å². The zero-order chi connectivity index (χ0) is 8.60. The number of hydrogen-bond donors (Lipinski definition) is 1. The molecule has 2 atom stereocenters. The Labute approximate surface area is 73.0 Å². The standard InChI is InChI=1S/C10H17FO/c11-10(6-9(10)7-12)8-4-2-1-3-5-8/h8-9,12H,1-7H2/t9-,10+/m1/s1. The fraction of sp³-hybridized carbons (Fsp3) is 1.00. The van der Waals surface area contributed by atoms with E-state index in [4.69, 9.17) is 5.11 Å². The average molecular weight is 172 g/mol. The van der Waals surface area contributed by atoms with Crippen LogP contribution in [0.3, 0.4) is 0 Å². The Morgan fingerprint density at radius 3 is 2.42 bits per heavy atom. The molecule has 1 nitrogen and oxygen atoms in total. The molecule has 0 aromatic carbocycles. The number of aliphatic hydroxyl groups is 1. The van der Waals surface area contributed by atoms with Crippen molar-refractivity contribution in [3.05, 3.63) is 0 Å². The first-order valence-corrected chi connectivity index (χ1v) is 5.07. The molecule has 2 fully saturated rings. The third-order valence-corrected chi connectivity index (χ3v) is 3.58. The molecular weight excluding hydrogens is 155 g/mol. The second kappa shape index (κ2) is 2.99. The summed E-state index contributed by atoms with van der Waals surface area (Å²) in [5, 5.41) is 8.83. The van der Waals surface area contributed by atoms with Crippen LogP contribution in [0, 0.1) is 11.8 Å². The first-order valence-electron chi connectivity index (χ1n) is 5.07. The van der Waals surface area contributed by atoms with E-state index < -0.39 is 5.67 Å². The highest BCUT2D eigenvalue weighted by atomic mass is 19.1. The normalized spacial score (nSPS) is 43.0. The van der Waals surface area contributed by atoms with Crippen molar-refractivity contribution in [3.63, 3.8) is 0 Å². The zero-order valence-corrected chi connectivity index (χ0v) is 7.43. The minimum atomic E-state index is -0.963. The van der Waals surface area contributed by atoms with Gasteiger partial charge >= 0.3 is 0 Å². The molecule has 0 bridgehead atoms. The van der Waals surface area contributed by atoms with Gasteiger partial charge in [0.1, 0.15) is 5.67 Å². The molecule has 2 aliphatic rings. The van der Waals surface area contributed by atoms with Crippen molar-refractivity contribution in [1.29, 1.82) is 0 Å². The molecule has 70 valence electrons. The highest BCUT2D eigenvalue weighted by Crippen LogP contribution is 2.56. The Balaban J connectivity index is 1.91. The highest BCUT2D eigenvalue weighted by molar-refractivity contribution is 5.08.